The lowest BCUT2D eigenvalue weighted by molar-refractivity contribution is -0.116. The predicted molar refractivity (Wildman–Crippen MR) is 85.2 cm³/mol. The fourth-order valence-electron chi connectivity index (χ4n) is 1.71. The number of rotatable bonds is 8. The fraction of sp³-hybridized carbons (Fsp3) is 0.467. The van der Waals surface area contributed by atoms with E-state index in [0.29, 0.717) is 32.1 Å². The van der Waals surface area contributed by atoms with Crippen molar-refractivity contribution in [3.8, 4) is 0 Å². The molecule has 0 fully saturated rings. The Bertz CT molecular complexity index is 474. The lowest BCUT2D eigenvalue weighted by atomic mass is 10.2. The highest BCUT2D eigenvalue weighted by atomic mass is 16.5. The molecule has 0 aromatic heterocycles. The minimum Gasteiger partial charge on any atom is -0.383 e. The lowest BCUT2D eigenvalue weighted by Gasteiger charge is -2.07. The molecule has 0 heterocycles. The van der Waals surface area contributed by atoms with E-state index in [4.69, 9.17) is 10.5 Å². The number of guanidine groups is 1. The molecule has 1 amide bonds. The number of hydrogen-bond donors (Lipinski definition) is 3. The van der Waals surface area contributed by atoms with Crippen molar-refractivity contribution in [3.63, 3.8) is 0 Å². The number of methoxy groups -OCH3 is 1. The van der Waals surface area contributed by atoms with Gasteiger partial charge in [0.25, 0.3) is 0 Å². The van der Waals surface area contributed by atoms with Gasteiger partial charge < -0.3 is 21.1 Å². The van der Waals surface area contributed by atoms with Crippen LogP contribution in [0.3, 0.4) is 0 Å². The number of nitrogens with two attached hydrogens (primary N) is 1. The zero-order valence-electron chi connectivity index (χ0n) is 12.7. The van der Waals surface area contributed by atoms with Crippen LogP contribution >= 0.6 is 0 Å². The number of benzene rings is 1. The van der Waals surface area contributed by atoms with Gasteiger partial charge in [-0.1, -0.05) is 19.1 Å². The Morgan fingerprint density at radius 3 is 2.95 bits per heavy atom. The Balaban J connectivity index is 2.52. The molecule has 0 aliphatic heterocycles. The molecule has 1 rings (SSSR count). The zero-order valence-corrected chi connectivity index (χ0v) is 12.7. The maximum Gasteiger partial charge on any atom is 0.224 e. The molecule has 1 aromatic rings. The lowest BCUT2D eigenvalue weighted by Crippen LogP contribution is -2.34. The summed E-state index contributed by atoms with van der Waals surface area (Å²) < 4.78 is 4.91. The van der Waals surface area contributed by atoms with E-state index in [0.717, 1.165) is 17.7 Å². The smallest absolute Gasteiger partial charge is 0.224 e. The Kier molecular flexibility index (Phi) is 7.89. The molecule has 6 nitrogen and oxygen atoms in total. The van der Waals surface area contributed by atoms with Gasteiger partial charge in [0.1, 0.15) is 0 Å². The van der Waals surface area contributed by atoms with E-state index >= 15 is 0 Å². The molecule has 0 saturated heterocycles. The van der Waals surface area contributed by atoms with Crippen LogP contribution in [-0.4, -0.2) is 32.1 Å². The highest BCUT2D eigenvalue weighted by Crippen LogP contribution is 2.12. The summed E-state index contributed by atoms with van der Waals surface area (Å²) in [7, 11) is 1.63. The van der Waals surface area contributed by atoms with Crippen LogP contribution in [0, 0.1) is 0 Å². The van der Waals surface area contributed by atoms with Crippen LogP contribution < -0.4 is 16.4 Å². The number of hydrogen-bond acceptors (Lipinski definition) is 3. The van der Waals surface area contributed by atoms with Crippen molar-refractivity contribution in [1.82, 2.24) is 5.32 Å². The normalized spacial score (nSPS) is 11.2. The van der Waals surface area contributed by atoms with E-state index in [2.05, 4.69) is 15.6 Å². The van der Waals surface area contributed by atoms with Gasteiger partial charge >= 0.3 is 0 Å². The average molecular weight is 292 g/mol. The van der Waals surface area contributed by atoms with E-state index in [-0.39, 0.29) is 5.91 Å². The van der Waals surface area contributed by atoms with Crippen LogP contribution in [0.1, 0.15) is 25.3 Å². The molecular formula is C15H24N4O2. The summed E-state index contributed by atoms with van der Waals surface area (Å²) in [6, 6.07) is 7.60. The Labute approximate surface area is 125 Å². The number of anilines is 1. The third-order valence-electron chi connectivity index (χ3n) is 2.73. The van der Waals surface area contributed by atoms with Gasteiger partial charge in [0.05, 0.1) is 13.2 Å². The molecule has 116 valence electrons. The molecular weight excluding hydrogens is 268 g/mol. The van der Waals surface area contributed by atoms with Crippen LogP contribution in [0.5, 0.6) is 0 Å². The molecule has 6 heteroatoms. The topological polar surface area (TPSA) is 88.7 Å². The van der Waals surface area contributed by atoms with Crippen LogP contribution in [0.4, 0.5) is 5.69 Å². The van der Waals surface area contributed by atoms with E-state index < -0.39 is 0 Å². The first-order valence-corrected chi connectivity index (χ1v) is 7.07. The van der Waals surface area contributed by atoms with Gasteiger partial charge in [0.15, 0.2) is 5.96 Å². The van der Waals surface area contributed by atoms with E-state index in [9.17, 15) is 4.79 Å². The molecule has 0 atom stereocenters. The van der Waals surface area contributed by atoms with Crippen LogP contribution in [0.15, 0.2) is 29.3 Å². The van der Waals surface area contributed by atoms with Crippen molar-refractivity contribution in [2.75, 3.05) is 25.6 Å². The van der Waals surface area contributed by atoms with Gasteiger partial charge in [-0.2, -0.15) is 0 Å². The van der Waals surface area contributed by atoms with Gasteiger partial charge in [0.2, 0.25) is 5.91 Å². The summed E-state index contributed by atoms with van der Waals surface area (Å²) in [6.07, 6.45) is 1.36. The summed E-state index contributed by atoms with van der Waals surface area (Å²) in [5.74, 6) is 0.409. The summed E-state index contributed by atoms with van der Waals surface area (Å²) in [5, 5.41) is 5.81. The van der Waals surface area contributed by atoms with E-state index in [1.54, 1.807) is 7.11 Å². The molecule has 1 aromatic carbocycles. The minimum absolute atomic E-state index is 0.0268. The van der Waals surface area contributed by atoms with Gasteiger partial charge in [-0.15, -0.1) is 0 Å². The molecule has 0 bridgehead atoms. The van der Waals surface area contributed by atoms with Gasteiger partial charge in [0, 0.05) is 25.8 Å². The molecule has 0 aliphatic rings. The zero-order chi connectivity index (χ0) is 15.5. The molecule has 0 spiro atoms. The van der Waals surface area contributed by atoms with Crippen LogP contribution in [0.25, 0.3) is 0 Å². The maximum atomic E-state index is 11.6. The van der Waals surface area contributed by atoms with E-state index in [1.165, 1.54) is 0 Å². The summed E-state index contributed by atoms with van der Waals surface area (Å²) in [6.45, 7) is 3.64. The third-order valence-corrected chi connectivity index (χ3v) is 2.73. The SMILES string of the molecule is CCCC(=O)Nc1cccc(CN=C(N)NCCOC)c1. The van der Waals surface area contributed by atoms with Crippen molar-refractivity contribution in [3.05, 3.63) is 29.8 Å². The number of ether oxygens (including phenoxy) is 1. The number of aliphatic imine (C=N–C) groups is 1. The van der Waals surface area contributed by atoms with Crippen molar-refractivity contribution in [2.45, 2.75) is 26.3 Å². The molecule has 0 saturated carbocycles. The maximum absolute atomic E-state index is 11.6. The summed E-state index contributed by atoms with van der Waals surface area (Å²) in [5.41, 5.74) is 7.51. The van der Waals surface area contributed by atoms with Crippen molar-refractivity contribution < 1.29 is 9.53 Å². The van der Waals surface area contributed by atoms with Crippen LogP contribution in [-0.2, 0) is 16.1 Å². The third kappa shape index (κ3) is 7.31. The highest BCUT2D eigenvalue weighted by molar-refractivity contribution is 5.90. The van der Waals surface area contributed by atoms with Gasteiger partial charge in [-0.3, -0.25) is 4.79 Å². The number of nitrogens with zero attached hydrogens (tertiary/aromatic N) is 1. The van der Waals surface area contributed by atoms with Gasteiger partial charge in [-0.05, 0) is 24.1 Å². The average Bonchev–Trinajstić information content (AvgIpc) is 2.46. The second-order valence-electron chi connectivity index (χ2n) is 4.62. The van der Waals surface area contributed by atoms with Crippen molar-refractivity contribution >= 4 is 17.6 Å². The highest BCUT2D eigenvalue weighted by Gasteiger charge is 2.01. The molecule has 0 aliphatic carbocycles. The number of carbonyl (C=O) groups excluding carboxylic acids is 1. The number of carbonyl (C=O) groups is 1. The largest absolute Gasteiger partial charge is 0.383 e. The second kappa shape index (κ2) is 9.77. The Morgan fingerprint density at radius 2 is 2.24 bits per heavy atom. The summed E-state index contributed by atoms with van der Waals surface area (Å²) >= 11 is 0. The molecule has 4 N–H and O–H groups in total. The number of amides is 1. The monoisotopic (exact) mass is 292 g/mol. The van der Waals surface area contributed by atoms with E-state index in [1.807, 2.05) is 31.2 Å². The predicted octanol–water partition coefficient (Wildman–Crippen LogP) is 1.48. The first kappa shape index (κ1) is 17.0. The fourth-order valence-corrected chi connectivity index (χ4v) is 1.71. The standard InChI is InChI=1S/C15H24N4O2/c1-3-5-14(20)19-13-7-4-6-12(10-13)11-18-15(16)17-8-9-21-2/h4,6-7,10H,3,5,8-9,11H2,1-2H3,(H,19,20)(H3,16,17,18). The molecule has 0 radical (unpaired) electrons. The number of nitrogens with one attached hydrogen (secondary N) is 2. The second-order valence-corrected chi connectivity index (χ2v) is 4.62. The Morgan fingerprint density at radius 1 is 1.43 bits per heavy atom. The first-order chi connectivity index (χ1) is 10.2. The quantitative estimate of drug-likeness (QED) is 0.384. The van der Waals surface area contributed by atoms with Crippen molar-refractivity contribution in [1.29, 1.82) is 0 Å². The molecule has 21 heavy (non-hydrogen) atoms. The first-order valence-electron chi connectivity index (χ1n) is 7.07. The van der Waals surface area contributed by atoms with Crippen LogP contribution in [0.2, 0.25) is 0 Å². The Hall–Kier alpha value is -2.08. The summed E-state index contributed by atoms with van der Waals surface area (Å²) in [4.78, 5) is 15.8. The molecule has 0 unspecified atom stereocenters. The van der Waals surface area contributed by atoms with Crippen molar-refractivity contribution in [2.24, 2.45) is 10.7 Å². The van der Waals surface area contributed by atoms with Gasteiger partial charge in [-0.25, -0.2) is 4.99 Å². The minimum atomic E-state index is 0.0268.